The van der Waals surface area contributed by atoms with Crippen LogP contribution in [0.2, 0.25) is 0 Å². The van der Waals surface area contributed by atoms with Gasteiger partial charge in [0.2, 0.25) is 0 Å². The van der Waals surface area contributed by atoms with Crippen molar-refractivity contribution in [2.45, 2.75) is 26.4 Å². The molecule has 0 amide bonds. The van der Waals surface area contributed by atoms with Crippen molar-refractivity contribution in [1.29, 1.82) is 0 Å². The molecule has 0 radical (unpaired) electrons. The van der Waals surface area contributed by atoms with Crippen LogP contribution in [-0.2, 0) is 6.54 Å². The molecule has 0 aliphatic carbocycles. The number of halogens is 1. The molecule has 1 aromatic carbocycles. The molecule has 0 saturated heterocycles. The lowest BCUT2D eigenvalue weighted by Gasteiger charge is -2.03. The first kappa shape index (κ1) is 12.7. The minimum Gasteiger partial charge on any atom is -0.308 e. The molecule has 0 aliphatic heterocycles. The number of nitrogens with zero attached hydrogens (tertiary/aromatic N) is 2. The van der Waals surface area contributed by atoms with Gasteiger partial charge in [0.25, 0.3) is 0 Å². The van der Waals surface area contributed by atoms with Crippen molar-refractivity contribution in [2.75, 3.05) is 0 Å². The summed E-state index contributed by atoms with van der Waals surface area (Å²) in [5.74, 6) is 0. The second kappa shape index (κ2) is 5.71. The van der Waals surface area contributed by atoms with Gasteiger partial charge in [-0.2, -0.15) is 0 Å². The molecule has 17 heavy (non-hydrogen) atoms. The maximum Gasteiger partial charge on any atom is 0.148 e. The third-order valence-corrected chi connectivity index (χ3v) is 3.88. The zero-order valence-electron chi connectivity index (χ0n) is 9.77. The second-order valence-corrected chi connectivity index (χ2v) is 5.93. The lowest BCUT2D eigenvalue weighted by Crippen LogP contribution is -2.21. The third-order valence-electron chi connectivity index (χ3n) is 2.23. The quantitative estimate of drug-likeness (QED) is 0.939. The van der Waals surface area contributed by atoms with Crippen LogP contribution in [0.15, 0.2) is 28.7 Å². The van der Waals surface area contributed by atoms with Crippen molar-refractivity contribution in [1.82, 2.24) is 15.5 Å². The number of hydrogen-bond donors (Lipinski definition) is 1. The highest BCUT2D eigenvalue weighted by molar-refractivity contribution is 9.10. The number of benzene rings is 1. The van der Waals surface area contributed by atoms with E-state index < -0.39 is 0 Å². The molecule has 0 spiro atoms. The fourth-order valence-corrected chi connectivity index (χ4v) is 2.79. The Balaban J connectivity index is 2.16. The first-order valence-corrected chi connectivity index (χ1v) is 7.08. The van der Waals surface area contributed by atoms with Crippen LogP contribution < -0.4 is 5.32 Å². The number of rotatable bonds is 4. The normalized spacial score (nSPS) is 11.1. The Morgan fingerprint density at radius 2 is 2.06 bits per heavy atom. The molecule has 0 atom stereocenters. The molecule has 1 aromatic heterocycles. The standard InChI is InChI=1S/C12H14BrN3S/c1-8(2)14-7-11-15-16-12(17-11)9-5-3-4-6-10(9)13/h3-6,8,14H,7H2,1-2H3. The van der Waals surface area contributed by atoms with Crippen LogP contribution in [0, 0.1) is 0 Å². The Hall–Kier alpha value is -0.780. The van der Waals surface area contributed by atoms with E-state index in [1.165, 1.54) is 0 Å². The summed E-state index contributed by atoms with van der Waals surface area (Å²) in [6.45, 7) is 5.02. The first-order valence-electron chi connectivity index (χ1n) is 5.47. The van der Waals surface area contributed by atoms with Gasteiger partial charge in [-0.1, -0.05) is 59.3 Å². The minimum atomic E-state index is 0.464. The van der Waals surface area contributed by atoms with Crippen molar-refractivity contribution in [2.24, 2.45) is 0 Å². The van der Waals surface area contributed by atoms with Crippen LogP contribution >= 0.6 is 27.3 Å². The van der Waals surface area contributed by atoms with Crippen LogP contribution in [0.4, 0.5) is 0 Å². The zero-order chi connectivity index (χ0) is 12.3. The second-order valence-electron chi connectivity index (χ2n) is 4.02. The summed E-state index contributed by atoms with van der Waals surface area (Å²) in [6.07, 6.45) is 0. The summed E-state index contributed by atoms with van der Waals surface area (Å²) in [5.41, 5.74) is 1.10. The highest BCUT2D eigenvalue weighted by Gasteiger charge is 2.09. The Bertz CT molecular complexity index is 496. The molecule has 2 aromatic rings. The van der Waals surface area contributed by atoms with Crippen molar-refractivity contribution in [3.63, 3.8) is 0 Å². The molecule has 2 rings (SSSR count). The maximum atomic E-state index is 4.22. The van der Waals surface area contributed by atoms with E-state index >= 15 is 0 Å². The van der Waals surface area contributed by atoms with Crippen molar-refractivity contribution >= 4 is 27.3 Å². The van der Waals surface area contributed by atoms with E-state index in [1.54, 1.807) is 11.3 Å². The predicted octanol–water partition coefficient (Wildman–Crippen LogP) is 3.47. The molecule has 0 aliphatic rings. The van der Waals surface area contributed by atoms with Gasteiger partial charge in [0.15, 0.2) is 0 Å². The monoisotopic (exact) mass is 311 g/mol. The van der Waals surface area contributed by atoms with E-state index in [0.717, 1.165) is 26.6 Å². The summed E-state index contributed by atoms with van der Waals surface area (Å²) in [6, 6.07) is 8.53. The molecule has 3 nitrogen and oxygen atoms in total. The molecule has 90 valence electrons. The summed E-state index contributed by atoms with van der Waals surface area (Å²) >= 11 is 5.16. The third kappa shape index (κ3) is 3.34. The number of hydrogen-bond acceptors (Lipinski definition) is 4. The highest BCUT2D eigenvalue weighted by atomic mass is 79.9. The molecule has 0 fully saturated rings. The Kier molecular flexibility index (Phi) is 4.25. The van der Waals surface area contributed by atoms with E-state index in [2.05, 4.69) is 45.3 Å². The lowest BCUT2D eigenvalue weighted by molar-refractivity contribution is 0.585. The van der Waals surface area contributed by atoms with Gasteiger partial charge in [0.05, 0.1) is 0 Å². The molecule has 1 heterocycles. The van der Waals surface area contributed by atoms with Crippen molar-refractivity contribution < 1.29 is 0 Å². The minimum absolute atomic E-state index is 0.464. The van der Waals surface area contributed by atoms with Gasteiger partial charge >= 0.3 is 0 Å². The van der Waals surface area contributed by atoms with Gasteiger partial charge in [0, 0.05) is 22.6 Å². The molecular formula is C12H14BrN3S. The van der Waals surface area contributed by atoms with E-state index in [0.29, 0.717) is 6.04 Å². The average molecular weight is 312 g/mol. The van der Waals surface area contributed by atoms with Gasteiger partial charge in [-0.3, -0.25) is 0 Å². The van der Waals surface area contributed by atoms with Crippen LogP contribution in [-0.4, -0.2) is 16.2 Å². The predicted molar refractivity (Wildman–Crippen MR) is 75.0 cm³/mol. The Labute approximate surface area is 113 Å². The summed E-state index contributed by atoms with van der Waals surface area (Å²) in [7, 11) is 0. The van der Waals surface area contributed by atoms with Crippen LogP contribution in [0.5, 0.6) is 0 Å². The average Bonchev–Trinajstić information content (AvgIpc) is 2.75. The summed E-state index contributed by atoms with van der Waals surface area (Å²) < 4.78 is 1.06. The SMILES string of the molecule is CC(C)NCc1nnc(-c2ccccc2Br)s1. The topological polar surface area (TPSA) is 37.8 Å². The molecule has 5 heteroatoms. The van der Waals surface area contributed by atoms with Crippen LogP contribution in [0.3, 0.4) is 0 Å². The van der Waals surface area contributed by atoms with Gasteiger partial charge in [-0.25, -0.2) is 0 Å². The van der Waals surface area contributed by atoms with E-state index in [9.17, 15) is 0 Å². The fraction of sp³-hybridized carbons (Fsp3) is 0.333. The summed E-state index contributed by atoms with van der Waals surface area (Å²) in [4.78, 5) is 0. The highest BCUT2D eigenvalue weighted by Crippen LogP contribution is 2.30. The Morgan fingerprint density at radius 1 is 1.29 bits per heavy atom. The smallest absolute Gasteiger partial charge is 0.148 e. The molecule has 0 bridgehead atoms. The molecular weight excluding hydrogens is 298 g/mol. The van der Waals surface area contributed by atoms with Gasteiger partial charge in [-0.15, -0.1) is 10.2 Å². The fourth-order valence-electron chi connectivity index (χ4n) is 1.36. The van der Waals surface area contributed by atoms with Gasteiger partial charge in [-0.05, 0) is 6.07 Å². The van der Waals surface area contributed by atoms with Crippen LogP contribution in [0.25, 0.3) is 10.6 Å². The van der Waals surface area contributed by atoms with E-state index in [4.69, 9.17) is 0 Å². The van der Waals surface area contributed by atoms with Gasteiger partial charge in [0.1, 0.15) is 10.0 Å². The van der Waals surface area contributed by atoms with Crippen LogP contribution in [0.1, 0.15) is 18.9 Å². The number of nitrogens with one attached hydrogen (secondary N) is 1. The summed E-state index contributed by atoms with van der Waals surface area (Å²) in [5, 5.41) is 13.7. The maximum absolute atomic E-state index is 4.22. The lowest BCUT2D eigenvalue weighted by atomic mass is 10.2. The molecule has 0 saturated carbocycles. The van der Waals surface area contributed by atoms with Crippen molar-refractivity contribution in [3.05, 3.63) is 33.7 Å². The van der Waals surface area contributed by atoms with Crippen molar-refractivity contribution in [3.8, 4) is 10.6 Å². The number of aromatic nitrogens is 2. The van der Waals surface area contributed by atoms with E-state index in [-0.39, 0.29) is 0 Å². The molecule has 1 N–H and O–H groups in total. The van der Waals surface area contributed by atoms with Gasteiger partial charge < -0.3 is 5.32 Å². The Morgan fingerprint density at radius 3 is 2.76 bits per heavy atom. The van der Waals surface area contributed by atoms with E-state index in [1.807, 2.05) is 24.3 Å². The molecule has 0 unspecified atom stereocenters. The first-order chi connectivity index (χ1) is 8.16. The largest absolute Gasteiger partial charge is 0.308 e. The zero-order valence-corrected chi connectivity index (χ0v) is 12.2.